The van der Waals surface area contributed by atoms with Gasteiger partial charge in [0.2, 0.25) is 0 Å². The molecule has 0 spiro atoms. The molecule has 0 saturated heterocycles. The molecule has 18 heavy (non-hydrogen) atoms. The number of nitrogens with one attached hydrogen (secondary N) is 1. The van der Waals surface area contributed by atoms with Crippen LogP contribution in [0.1, 0.15) is 0 Å². The number of hydrogen-bond acceptors (Lipinski definition) is 3. The lowest BCUT2D eigenvalue weighted by Gasteiger charge is -2.05. The first-order valence-electron chi connectivity index (χ1n) is 5.34. The lowest BCUT2D eigenvalue weighted by molar-refractivity contribution is -0.383. The van der Waals surface area contributed by atoms with Crippen LogP contribution in [0, 0.1) is 15.9 Å². The van der Waals surface area contributed by atoms with Gasteiger partial charge in [-0.2, -0.15) is 0 Å². The number of nitrogens with zero attached hydrogens (tertiary/aromatic N) is 1. The summed E-state index contributed by atoms with van der Waals surface area (Å²) in [6.45, 7) is 0. The third-order valence-electron chi connectivity index (χ3n) is 2.64. The summed E-state index contributed by atoms with van der Waals surface area (Å²) < 4.78 is 12.8. The van der Waals surface area contributed by atoms with E-state index in [1.165, 1.54) is 18.2 Å². The van der Waals surface area contributed by atoms with Crippen LogP contribution in [0.25, 0.3) is 11.1 Å². The summed E-state index contributed by atoms with van der Waals surface area (Å²) in [7, 11) is 1.62. The van der Waals surface area contributed by atoms with E-state index < -0.39 is 4.92 Å². The molecule has 0 aliphatic heterocycles. The van der Waals surface area contributed by atoms with Gasteiger partial charge >= 0.3 is 0 Å². The van der Waals surface area contributed by atoms with Gasteiger partial charge in [0.15, 0.2) is 0 Å². The highest BCUT2D eigenvalue weighted by Crippen LogP contribution is 2.30. The van der Waals surface area contributed by atoms with Crippen molar-refractivity contribution >= 4 is 11.4 Å². The van der Waals surface area contributed by atoms with E-state index in [2.05, 4.69) is 5.32 Å². The predicted molar refractivity (Wildman–Crippen MR) is 68.0 cm³/mol. The van der Waals surface area contributed by atoms with Crippen LogP contribution in [0.2, 0.25) is 0 Å². The fourth-order valence-electron chi connectivity index (χ4n) is 1.72. The summed E-state index contributed by atoms with van der Waals surface area (Å²) >= 11 is 0. The van der Waals surface area contributed by atoms with Gasteiger partial charge in [-0.15, -0.1) is 0 Å². The molecule has 0 bridgehead atoms. The van der Waals surface area contributed by atoms with Crippen LogP contribution >= 0.6 is 0 Å². The summed E-state index contributed by atoms with van der Waals surface area (Å²) in [5.74, 6) is -0.333. The second-order valence-corrected chi connectivity index (χ2v) is 3.75. The number of halogens is 1. The molecule has 0 aliphatic rings. The Morgan fingerprint density at radius 3 is 2.28 bits per heavy atom. The van der Waals surface area contributed by atoms with E-state index in [0.717, 1.165) is 5.56 Å². The Labute approximate surface area is 103 Å². The minimum atomic E-state index is -0.446. The number of benzene rings is 2. The van der Waals surface area contributed by atoms with Gasteiger partial charge in [-0.05, 0) is 29.3 Å². The number of anilines is 1. The first-order valence-corrected chi connectivity index (χ1v) is 5.34. The van der Waals surface area contributed by atoms with Crippen molar-refractivity contribution in [2.24, 2.45) is 0 Å². The molecule has 0 fully saturated rings. The highest BCUT2D eigenvalue weighted by atomic mass is 19.1. The van der Waals surface area contributed by atoms with Gasteiger partial charge in [-0.1, -0.05) is 18.2 Å². The summed E-state index contributed by atoms with van der Waals surface area (Å²) in [5.41, 5.74) is 1.87. The topological polar surface area (TPSA) is 55.2 Å². The fraction of sp³-hybridized carbons (Fsp3) is 0.0769. The zero-order valence-corrected chi connectivity index (χ0v) is 9.68. The van der Waals surface area contributed by atoms with Crippen LogP contribution in [0.5, 0.6) is 0 Å². The van der Waals surface area contributed by atoms with Gasteiger partial charge in [0.1, 0.15) is 11.5 Å². The number of nitro benzene ring substituents is 1. The minimum absolute atomic E-state index is 0.000625. The van der Waals surface area contributed by atoms with Gasteiger partial charge in [0.25, 0.3) is 5.69 Å². The largest absolute Gasteiger partial charge is 0.383 e. The van der Waals surface area contributed by atoms with Gasteiger partial charge in [0.05, 0.1) is 4.92 Å². The van der Waals surface area contributed by atoms with Crippen LogP contribution in [0.15, 0.2) is 42.5 Å². The molecule has 92 valence electrons. The molecule has 2 aromatic carbocycles. The Balaban J connectivity index is 2.49. The second kappa shape index (κ2) is 4.83. The van der Waals surface area contributed by atoms with Crippen molar-refractivity contribution in [2.75, 3.05) is 12.4 Å². The van der Waals surface area contributed by atoms with Crippen molar-refractivity contribution < 1.29 is 9.31 Å². The standard InChI is InChI=1S/C13H11FN2O2/c1-15-12-7-4-10(8-13(12)16(17)18)9-2-5-11(14)6-3-9/h2-8,15H,1H3. The third kappa shape index (κ3) is 2.29. The van der Waals surface area contributed by atoms with Crippen LogP contribution in [0.3, 0.4) is 0 Å². The van der Waals surface area contributed by atoms with Crippen molar-refractivity contribution in [3.05, 3.63) is 58.4 Å². The van der Waals surface area contributed by atoms with E-state index in [0.29, 0.717) is 11.3 Å². The molecule has 0 aromatic heterocycles. The first kappa shape index (κ1) is 12.0. The molecule has 0 atom stereocenters. The number of nitro groups is 1. The van der Waals surface area contributed by atoms with Gasteiger partial charge in [0, 0.05) is 13.1 Å². The second-order valence-electron chi connectivity index (χ2n) is 3.75. The Hall–Kier alpha value is -2.43. The molecule has 0 amide bonds. The Bertz CT molecular complexity index is 582. The zero-order chi connectivity index (χ0) is 13.1. The van der Waals surface area contributed by atoms with Crippen LogP contribution in [-0.2, 0) is 0 Å². The van der Waals surface area contributed by atoms with E-state index in [9.17, 15) is 14.5 Å². The molecule has 5 heteroatoms. The van der Waals surface area contributed by atoms with E-state index in [1.54, 1.807) is 31.3 Å². The van der Waals surface area contributed by atoms with Gasteiger partial charge < -0.3 is 5.32 Å². The van der Waals surface area contributed by atoms with E-state index in [-0.39, 0.29) is 11.5 Å². The highest BCUT2D eigenvalue weighted by Gasteiger charge is 2.13. The van der Waals surface area contributed by atoms with Crippen molar-refractivity contribution in [1.29, 1.82) is 0 Å². The molecule has 0 heterocycles. The molecular weight excluding hydrogens is 235 g/mol. The smallest absolute Gasteiger partial charge is 0.292 e. The maximum absolute atomic E-state index is 12.8. The molecule has 1 N–H and O–H groups in total. The molecule has 2 rings (SSSR count). The molecule has 0 unspecified atom stereocenters. The van der Waals surface area contributed by atoms with E-state index in [1.807, 2.05) is 0 Å². The predicted octanol–water partition coefficient (Wildman–Crippen LogP) is 3.44. The molecule has 0 aliphatic carbocycles. The summed E-state index contributed by atoms with van der Waals surface area (Å²) in [5, 5.41) is 13.7. The molecule has 4 nitrogen and oxygen atoms in total. The minimum Gasteiger partial charge on any atom is -0.383 e. The van der Waals surface area contributed by atoms with Crippen LogP contribution < -0.4 is 5.32 Å². The summed E-state index contributed by atoms with van der Waals surface area (Å²) in [6, 6.07) is 10.7. The first-order chi connectivity index (χ1) is 8.61. The molecule has 2 aromatic rings. The average molecular weight is 246 g/mol. The van der Waals surface area contributed by atoms with E-state index >= 15 is 0 Å². The Morgan fingerprint density at radius 1 is 1.11 bits per heavy atom. The quantitative estimate of drug-likeness (QED) is 0.666. The number of hydrogen-bond donors (Lipinski definition) is 1. The zero-order valence-electron chi connectivity index (χ0n) is 9.68. The van der Waals surface area contributed by atoms with Crippen molar-refractivity contribution in [3.8, 4) is 11.1 Å². The summed E-state index contributed by atoms with van der Waals surface area (Å²) in [4.78, 5) is 10.5. The Kier molecular flexibility index (Phi) is 3.23. The maximum atomic E-state index is 12.8. The molecule has 0 saturated carbocycles. The lowest BCUT2D eigenvalue weighted by Crippen LogP contribution is -1.96. The highest BCUT2D eigenvalue weighted by molar-refractivity contribution is 5.73. The lowest BCUT2D eigenvalue weighted by atomic mass is 10.0. The van der Waals surface area contributed by atoms with E-state index in [4.69, 9.17) is 0 Å². The monoisotopic (exact) mass is 246 g/mol. The normalized spacial score (nSPS) is 10.1. The molecule has 0 radical (unpaired) electrons. The van der Waals surface area contributed by atoms with Crippen molar-refractivity contribution in [2.45, 2.75) is 0 Å². The Morgan fingerprint density at radius 2 is 1.72 bits per heavy atom. The average Bonchev–Trinajstić information content (AvgIpc) is 2.39. The molecular formula is C13H11FN2O2. The van der Waals surface area contributed by atoms with Crippen LogP contribution in [-0.4, -0.2) is 12.0 Å². The SMILES string of the molecule is CNc1ccc(-c2ccc(F)cc2)cc1[N+](=O)[O-]. The third-order valence-corrected chi connectivity index (χ3v) is 2.64. The van der Waals surface area contributed by atoms with Gasteiger partial charge in [-0.3, -0.25) is 10.1 Å². The van der Waals surface area contributed by atoms with Gasteiger partial charge in [-0.25, -0.2) is 4.39 Å². The summed E-state index contributed by atoms with van der Waals surface area (Å²) in [6.07, 6.45) is 0. The fourth-order valence-corrected chi connectivity index (χ4v) is 1.72. The maximum Gasteiger partial charge on any atom is 0.292 e. The van der Waals surface area contributed by atoms with Crippen molar-refractivity contribution in [1.82, 2.24) is 0 Å². The van der Waals surface area contributed by atoms with Crippen LogP contribution in [0.4, 0.5) is 15.8 Å². The number of rotatable bonds is 3. The van der Waals surface area contributed by atoms with Crippen molar-refractivity contribution in [3.63, 3.8) is 0 Å².